The van der Waals surface area contributed by atoms with Crippen molar-refractivity contribution in [3.8, 4) is 11.3 Å². The van der Waals surface area contributed by atoms with Gasteiger partial charge in [0.05, 0.1) is 5.69 Å². The molecule has 6 nitrogen and oxygen atoms in total. The predicted octanol–water partition coefficient (Wildman–Crippen LogP) is 3.93. The van der Waals surface area contributed by atoms with Crippen molar-refractivity contribution < 1.29 is 9.59 Å². The standard InChI is InChI=1S/C24H26N4O2/c1-26(22-11-13-27(14-12-22)15-19-5-3-2-4-6-19)24(30)28-16-23(25-18-28)21-9-7-20(17-29)8-10-21/h2-10,16-18,22H,11-15H2,1H3. The Kier molecular flexibility index (Phi) is 6.05. The lowest BCUT2D eigenvalue weighted by molar-refractivity contribution is 0.112. The molecule has 0 saturated carbocycles. The average molecular weight is 402 g/mol. The molecular formula is C24H26N4O2. The number of aldehydes is 1. The Hall–Kier alpha value is -3.25. The lowest BCUT2D eigenvalue weighted by atomic mass is 10.0. The molecule has 30 heavy (non-hydrogen) atoms. The molecule has 0 N–H and O–H groups in total. The number of hydrogen-bond donors (Lipinski definition) is 0. The monoisotopic (exact) mass is 402 g/mol. The molecule has 0 bridgehead atoms. The zero-order chi connectivity index (χ0) is 20.9. The van der Waals surface area contributed by atoms with E-state index in [4.69, 9.17) is 0 Å². The molecular weight excluding hydrogens is 376 g/mol. The van der Waals surface area contributed by atoms with Crippen LogP contribution in [0.5, 0.6) is 0 Å². The first-order chi connectivity index (χ1) is 14.6. The molecule has 0 aliphatic carbocycles. The van der Waals surface area contributed by atoms with E-state index in [2.05, 4.69) is 34.1 Å². The number of nitrogens with zero attached hydrogens (tertiary/aromatic N) is 4. The minimum absolute atomic E-state index is 0.0697. The molecule has 4 rings (SSSR count). The van der Waals surface area contributed by atoms with Crippen molar-refractivity contribution in [2.45, 2.75) is 25.4 Å². The number of rotatable bonds is 5. The Morgan fingerprint density at radius 3 is 2.47 bits per heavy atom. The molecule has 1 fully saturated rings. The Bertz CT molecular complexity index is 990. The maximum absolute atomic E-state index is 13.0. The van der Waals surface area contributed by atoms with E-state index >= 15 is 0 Å². The van der Waals surface area contributed by atoms with E-state index in [1.54, 1.807) is 29.2 Å². The van der Waals surface area contributed by atoms with Crippen LogP contribution in [0.1, 0.15) is 28.8 Å². The van der Waals surface area contributed by atoms with Crippen molar-refractivity contribution in [3.63, 3.8) is 0 Å². The molecule has 3 aromatic rings. The van der Waals surface area contributed by atoms with Gasteiger partial charge in [-0.2, -0.15) is 0 Å². The van der Waals surface area contributed by atoms with Gasteiger partial charge in [0.2, 0.25) is 0 Å². The van der Waals surface area contributed by atoms with Gasteiger partial charge < -0.3 is 4.90 Å². The summed E-state index contributed by atoms with van der Waals surface area (Å²) in [5, 5.41) is 0. The van der Waals surface area contributed by atoms with Crippen molar-refractivity contribution in [1.82, 2.24) is 19.4 Å². The van der Waals surface area contributed by atoms with E-state index in [1.165, 1.54) is 5.56 Å². The second-order valence-corrected chi connectivity index (χ2v) is 7.79. The first kappa shape index (κ1) is 20.0. The lowest BCUT2D eigenvalue weighted by Gasteiger charge is -2.36. The van der Waals surface area contributed by atoms with Crippen molar-refractivity contribution >= 4 is 12.3 Å². The summed E-state index contributed by atoms with van der Waals surface area (Å²) >= 11 is 0. The second-order valence-electron chi connectivity index (χ2n) is 7.79. The topological polar surface area (TPSA) is 58.4 Å². The Morgan fingerprint density at radius 1 is 1.10 bits per heavy atom. The number of carbonyl (C=O) groups excluding carboxylic acids is 2. The van der Waals surface area contributed by atoms with E-state index in [1.807, 2.05) is 30.1 Å². The Labute approximate surface area is 176 Å². The van der Waals surface area contributed by atoms with Crippen LogP contribution < -0.4 is 0 Å². The van der Waals surface area contributed by atoms with Crippen LogP contribution in [0.3, 0.4) is 0 Å². The summed E-state index contributed by atoms with van der Waals surface area (Å²) in [7, 11) is 1.87. The molecule has 0 radical (unpaired) electrons. The van der Waals surface area contributed by atoms with Gasteiger partial charge in [-0.25, -0.2) is 9.78 Å². The molecule has 154 valence electrons. The molecule has 2 aromatic carbocycles. The third-order valence-corrected chi connectivity index (χ3v) is 5.80. The first-order valence-corrected chi connectivity index (χ1v) is 10.3. The largest absolute Gasteiger partial charge is 0.329 e. The fraction of sp³-hybridized carbons (Fsp3) is 0.292. The van der Waals surface area contributed by atoms with Gasteiger partial charge in [-0.15, -0.1) is 0 Å². The molecule has 1 saturated heterocycles. The predicted molar refractivity (Wildman–Crippen MR) is 116 cm³/mol. The van der Waals surface area contributed by atoms with Gasteiger partial charge in [-0.3, -0.25) is 14.3 Å². The summed E-state index contributed by atoms with van der Waals surface area (Å²) in [5.74, 6) is 0. The van der Waals surface area contributed by atoms with Gasteiger partial charge >= 0.3 is 6.03 Å². The fourth-order valence-corrected chi connectivity index (χ4v) is 3.95. The van der Waals surface area contributed by atoms with Crippen LogP contribution in [0, 0.1) is 0 Å². The minimum atomic E-state index is -0.0697. The highest BCUT2D eigenvalue weighted by molar-refractivity contribution is 5.79. The van der Waals surface area contributed by atoms with Crippen molar-refractivity contribution in [2.24, 2.45) is 0 Å². The van der Waals surface area contributed by atoms with E-state index in [-0.39, 0.29) is 12.1 Å². The van der Waals surface area contributed by atoms with Gasteiger partial charge in [0, 0.05) is 50.0 Å². The van der Waals surface area contributed by atoms with E-state index in [0.29, 0.717) is 11.3 Å². The number of imidazole rings is 1. The summed E-state index contributed by atoms with van der Waals surface area (Å²) < 4.78 is 1.54. The molecule has 0 atom stereocenters. The van der Waals surface area contributed by atoms with Crippen LogP contribution in [0.15, 0.2) is 67.1 Å². The highest BCUT2D eigenvalue weighted by Crippen LogP contribution is 2.20. The molecule has 2 heterocycles. The number of aromatic nitrogens is 2. The smallest absolute Gasteiger partial charge is 0.324 e. The summed E-state index contributed by atoms with van der Waals surface area (Å²) in [6.07, 6.45) is 6.05. The molecule has 1 amide bonds. The van der Waals surface area contributed by atoms with E-state index in [0.717, 1.165) is 44.3 Å². The number of amides is 1. The van der Waals surface area contributed by atoms with Gasteiger partial charge in [-0.05, 0) is 18.4 Å². The molecule has 1 aliphatic heterocycles. The molecule has 6 heteroatoms. The fourth-order valence-electron chi connectivity index (χ4n) is 3.95. The van der Waals surface area contributed by atoms with Gasteiger partial charge in [0.1, 0.15) is 12.6 Å². The zero-order valence-corrected chi connectivity index (χ0v) is 17.1. The number of hydrogen-bond acceptors (Lipinski definition) is 4. The highest BCUT2D eigenvalue weighted by atomic mass is 16.2. The first-order valence-electron chi connectivity index (χ1n) is 10.3. The summed E-state index contributed by atoms with van der Waals surface area (Å²) in [6, 6.07) is 17.8. The van der Waals surface area contributed by atoms with Gasteiger partial charge in [0.15, 0.2) is 0 Å². The van der Waals surface area contributed by atoms with E-state index < -0.39 is 0 Å². The highest BCUT2D eigenvalue weighted by Gasteiger charge is 2.26. The maximum atomic E-state index is 13.0. The number of carbonyl (C=O) groups is 2. The van der Waals surface area contributed by atoms with Crippen molar-refractivity contribution in [3.05, 3.63) is 78.2 Å². The number of likely N-dealkylation sites (tertiary alicyclic amines) is 1. The van der Waals surface area contributed by atoms with Crippen LogP contribution in [0.2, 0.25) is 0 Å². The normalized spacial score (nSPS) is 15.1. The van der Waals surface area contributed by atoms with Crippen molar-refractivity contribution in [2.75, 3.05) is 20.1 Å². The van der Waals surface area contributed by atoms with Crippen LogP contribution in [-0.4, -0.2) is 57.8 Å². The van der Waals surface area contributed by atoms with Gasteiger partial charge in [-0.1, -0.05) is 54.6 Å². The Morgan fingerprint density at radius 2 is 1.80 bits per heavy atom. The zero-order valence-electron chi connectivity index (χ0n) is 17.1. The number of piperidine rings is 1. The third-order valence-electron chi connectivity index (χ3n) is 5.80. The Balaban J connectivity index is 1.35. The average Bonchev–Trinajstić information content (AvgIpc) is 3.30. The molecule has 0 unspecified atom stereocenters. The quantitative estimate of drug-likeness (QED) is 0.607. The summed E-state index contributed by atoms with van der Waals surface area (Å²) in [4.78, 5) is 32.4. The summed E-state index contributed by atoms with van der Waals surface area (Å²) in [6.45, 7) is 2.92. The number of benzene rings is 2. The summed E-state index contributed by atoms with van der Waals surface area (Å²) in [5.41, 5.74) is 3.54. The van der Waals surface area contributed by atoms with Crippen LogP contribution in [0.25, 0.3) is 11.3 Å². The van der Waals surface area contributed by atoms with Crippen LogP contribution >= 0.6 is 0 Å². The van der Waals surface area contributed by atoms with Crippen molar-refractivity contribution in [1.29, 1.82) is 0 Å². The van der Waals surface area contributed by atoms with Crippen LogP contribution in [-0.2, 0) is 6.54 Å². The third kappa shape index (κ3) is 4.49. The van der Waals surface area contributed by atoms with Gasteiger partial charge in [0.25, 0.3) is 0 Å². The molecule has 1 aromatic heterocycles. The lowest BCUT2D eigenvalue weighted by Crippen LogP contribution is -2.46. The van der Waals surface area contributed by atoms with Crippen LogP contribution in [0.4, 0.5) is 4.79 Å². The second kappa shape index (κ2) is 9.05. The molecule has 1 aliphatic rings. The van der Waals surface area contributed by atoms with E-state index in [9.17, 15) is 9.59 Å². The SMILES string of the molecule is CN(C(=O)n1cnc(-c2ccc(C=O)cc2)c1)C1CCN(Cc2ccccc2)CC1. The molecule has 0 spiro atoms. The maximum Gasteiger partial charge on any atom is 0.329 e. The minimum Gasteiger partial charge on any atom is -0.324 e.